The van der Waals surface area contributed by atoms with Gasteiger partial charge in [0.05, 0.1) is 18.5 Å². The number of esters is 6. The minimum absolute atomic E-state index is 0.0114. The molecule has 3 aliphatic carbocycles. The summed E-state index contributed by atoms with van der Waals surface area (Å²) in [6, 6.07) is 0. The maximum absolute atomic E-state index is 13.2. The van der Waals surface area contributed by atoms with Crippen LogP contribution in [-0.4, -0.2) is 230 Å². The van der Waals surface area contributed by atoms with E-state index >= 15 is 0 Å². The van der Waals surface area contributed by atoms with E-state index in [1.54, 1.807) is 13.8 Å². The predicted octanol–water partition coefficient (Wildman–Crippen LogP) is 14.8. The van der Waals surface area contributed by atoms with E-state index in [4.69, 9.17) is 24.1 Å². The fourth-order valence-corrected chi connectivity index (χ4v) is 12.2. The van der Waals surface area contributed by atoms with Gasteiger partial charge in [-0.25, -0.2) is 41.9 Å². The minimum atomic E-state index is -5.60. The van der Waals surface area contributed by atoms with Crippen LogP contribution in [0.25, 0.3) is 0 Å². The van der Waals surface area contributed by atoms with Crippen LogP contribution in [0.3, 0.4) is 0 Å². The lowest BCUT2D eigenvalue weighted by Gasteiger charge is -2.49. The molecule has 0 aromatic heterocycles. The lowest BCUT2D eigenvalue weighted by molar-refractivity contribution is -0.362. The van der Waals surface area contributed by atoms with Crippen molar-refractivity contribution in [3.63, 3.8) is 0 Å². The summed E-state index contributed by atoms with van der Waals surface area (Å²) >= 11 is 0. The molecule has 0 heterocycles. The summed E-state index contributed by atoms with van der Waals surface area (Å²) in [5.74, 6) is -14.8. The first-order valence-corrected chi connectivity index (χ1v) is 38.9. The second-order valence-electron chi connectivity index (χ2n) is 32.4. The van der Waals surface area contributed by atoms with Gasteiger partial charge in [0.2, 0.25) is 10.0 Å². The maximum Gasteiger partial charge on any atom is 0.417 e. The third-order valence-electron chi connectivity index (χ3n) is 20.0. The first-order chi connectivity index (χ1) is 54.6. The highest BCUT2D eigenvalue weighted by Crippen LogP contribution is 2.59. The van der Waals surface area contributed by atoms with Gasteiger partial charge in [-0.15, -0.1) is 0 Å². The number of carbonyl (C=O) groups excluding carboxylic acids is 6. The Bertz CT molecular complexity index is 3640. The molecule has 0 spiro atoms. The third kappa shape index (κ3) is 36.7. The number of ether oxygens (including phenoxy) is 6. The molecule has 0 bridgehead atoms. The van der Waals surface area contributed by atoms with Crippen LogP contribution >= 0.6 is 0 Å². The summed E-state index contributed by atoms with van der Waals surface area (Å²) in [7, 11) is -3.21. The quantitative estimate of drug-likeness (QED) is 0.0128. The van der Waals surface area contributed by atoms with E-state index in [1.807, 2.05) is 0 Å². The zero-order valence-electron chi connectivity index (χ0n) is 70.7. The van der Waals surface area contributed by atoms with Crippen LogP contribution in [0.1, 0.15) is 181 Å². The molecule has 3 rings (SSSR count). The van der Waals surface area contributed by atoms with Gasteiger partial charge in [0.1, 0.15) is 37.1 Å². The van der Waals surface area contributed by atoms with Crippen LogP contribution < -0.4 is 4.72 Å². The minimum Gasteiger partial charge on any atom is -0.461 e. The summed E-state index contributed by atoms with van der Waals surface area (Å²) < 4.78 is 364. The highest BCUT2D eigenvalue weighted by Gasteiger charge is 2.73. The number of hydrogen-bond donors (Lipinski definition) is 9. The Morgan fingerprint density at radius 2 is 0.694 bits per heavy atom. The summed E-state index contributed by atoms with van der Waals surface area (Å²) in [6.07, 6.45) is -56.1. The molecule has 0 saturated heterocycles. The van der Waals surface area contributed by atoms with Crippen molar-refractivity contribution in [3.8, 4) is 0 Å². The zero-order chi connectivity index (χ0) is 99.6. The Kier molecular flexibility index (Phi) is 44.4. The fraction of sp³-hybridized carbons (Fsp3) is 0.763. The van der Waals surface area contributed by atoms with Gasteiger partial charge >= 0.3 is 85.2 Å². The Balaban J connectivity index is -0.00000144. The predicted molar refractivity (Wildman–Crippen MR) is 393 cm³/mol. The Morgan fingerprint density at radius 1 is 0.395 bits per heavy atom. The molecule has 23 nitrogen and oxygen atoms in total. The molecule has 124 heavy (non-hydrogen) atoms. The van der Waals surface area contributed by atoms with Gasteiger partial charge in [-0.2, -0.15) is 105 Å². The number of aliphatic hydroxyl groups is 8. The molecule has 726 valence electrons. The van der Waals surface area contributed by atoms with Crippen molar-refractivity contribution in [2.75, 3.05) is 19.4 Å². The normalized spacial score (nSPS) is 24.0. The van der Waals surface area contributed by atoms with E-state index < -0.39 is 258 Å². The van der Waals surface area contributed by atoms with Crippen molar-refractivity contribution in [3.05, 3.63) is 72.9 Å². The monoisotopic (exact) mass is 1880 g/mol. The zero-order valence-corrected chi connectivity index (χ0v) is 71.5. The number of carbonyl (C=O) groups is 6. The van der Waals surface area contributed by atoms with E-state index in [-0.39, 0.29) is 73.1 Å². The fourth-order valence-electron chi connectivity index (χ4n) is 11.8. The van der Waals surface area contributed by atoms with Crippen molar-refractivity contribution in [2.24, 2.45) is 40.9 Å². The summed E-state index contributed by atoms with van der Waals surface area (Å²) in [4.78, 5) is 67.8. The number of alkyl halides is 24. The van der Waals surface area contributed by atoms with Crippen molar-refractivity contribution in [1.29, 1.82) is 0 Å². The lowest BCUT2D eigenvalue weighted by atomic mass is 9.65. The maximum atomic E-state index is 13.2. The average Bonchev–Trinajstić information content (AvgIpc) is 0.745. The molecule has 0 amide bonds. The van der Waals surface area contributed by atoms with Gasteiger partial charge in [0.15, 0.2) is 39.0 Å². The van der Waals surface area contributed by atoms with Crippen molar-refractivity contribution in [1.82, 2.24) is 4.72 Å². The van der Waals surface area contributed by atoms with Crippen LogP contribution in [0.4, 0.5) is 105 Å². The summed E-state index contributed by atoms with van der Waals surface area (Å²) in [5.41, 5.74) is -23.4. The second kappa shape index (κ2) is 45.4. The Labute approximate surface area is 700 Å². The first-order valence-electron chi connectivity index (χ1n) is 37.0. The van der Waals surface area contributed by atoms with Gasteiger partial charge in [-0.05, 0) is 161 Å². The van der Waals surface area contributed by atoms with E-state index in [2.05, 4.69) is 53.7 Å². The van der Waals surface area contributed by atoms with Gasteiger partial charge in [-0.1, -0.05) is 53.3 Å². The van der Waals surface area contributed by atoms with Crippen molar-refractivity contribution < 1.29 is 212 Å². The first kappa shape index (κ1) is 121. The van der Waals surface area contributed by atoms with Crippen molar-refractivity contribution >= 4 is 45.8 Å². The molecule has 3 aliphatic rings. The Morgan fingerprint density at radius 3 is 0.984 bits per heavy atom. The molecular formula is C76H111F24NO22S. The summed E-state index contributed by atoms with van der Waals surface area (Å²) in [5, 5.41) is 78.1. The van der Waals surface area contributed by atoms with Gasteiger partial charge < -0.3 is 69.3 Å². The van der Waals surface area contributed by atoms with Gasteiger partial charge in [-0.3, -0.25) is 0 Å². The number of sulfonamides is 1. The molecule has 0 aromatic rings. The molecule has 15 atom stereocenters. The molecule has 9 N–H and O–H groups in total. The number of hydrogen-bond acceptors (Lipinski definition) is 22. The third-order valence-corrected chi connectivity index (χ3v) is 20.7. The van der Waals surface area contributed by atoms with E-state index in [0.717, 1.165) is 6.26 Å². The van der Waals surface area contributed by atoms with Crippen molar-refractivity contribution in [2.45, 2.75) is 307 Å². The molecule has 0 aliphatic heterocycles. The van der Waals surface area contributed by atoms with Crippen LogP contribution in [0, 0.1) is 40.9 Å². The van der Waals surface area contributed by atoms with Crippen LogP contribution in [0.5, 0.6) is 0 Å². The molecule has 48 heteroatoms. The average molecular weight is 1880 g/mol. The van der Waals surface area contributed by atoms with Crippen LogP contribution in [0.15, 0.2) is 72.9 Å². The van der Waals surface area contributed by atoms with Gasteiger partial charge in [0, 0.05) is 82.4 Å². The standard InChI is InChI=1S/C16H22F6O5.C16H22F6O4.C14H18F6O3.C13H21F3O3.C10H15F3O3.C7H13NO4S/c1-7(2)12(24)27-8-5-9(13(3,25)15(17,18)19)11(23)10(6-8)14(4,26)16(20,21)22;1-8(2)12(23)26-11-6-9(13(3,24)15(17,18)19)5-10(7-11)14(4,25)16(20,21)22;1-7(2)11(22)23-8-4-5-10(21)9(6-8)12(3,13(15,16)17)14(18,19)20;1-8(2)6-10(19-11(17)9(3)4)7-12(5,18)13(14,15)16;1-6(2)8(14)16-7(3)5-9(4,15)10(11,12)13;1-6(2)7(9)12-5-4-8-13(3,10)11/h8-11,23,25-26H,1,5-6H2,2-4H3;9-11,24-25H,1,5-7H2,2-4H3;8-10,21H,1,4-6H2,2-3H3;8,10,18H,3,6-7H2,1-2,4-5H3;7,15H,1,5H2,2-4H3;8H,1,4-5H2,2-3H3. The van der Waals surface area contributed by atoms with Gasteiger partial charge in [0.25, 0.3) is 0 Å². The highest BCUT2D eigenvalue weighted by molar-refractivity contribution is 7.88. The topological polar surface area (TPSA) is 366 Å². The molecule has 15 unspecified atom stereocenters. The molecular weight excluding hydrogens is 1770 g/mol. The number of aliphatic hydroxyl groups excluding tert-OH is 2. The molecule has 0 aromatic carbocycles. The smallest absolute Gasteiger partial charge is 0.417 e. The number of halogens is 24. The van der Waals surface area contributed by atoms with E-state index in [1.165, 1.54) is 48.5 Å². The molecule has 0 radical (unpaired) electrons. The Hall–Kier alpha value is -6.83. The largest absolute Gasteiger partial charge is 0.461 e. The second-order valence-corrected chi connectivity index (χ2v) is 34.3. The van der Waals surface area contributed by atoms with Crippen LogP contribution in [-0.2, 0) is 67.2 Å². The lowest BCUT2D eigenvalue weighted by Crippen LogP contribution is -2.63. The highest BCUT2D eigenvalue weighted by atomic mass is 32.2. The number of nitrogens with one attached hydrogen (secondary N) is 1. The molecule has 3 fully saturated rings. The number of rotatable bonds is 26. The molecule has 3 saturated carbocycles. The van der Waals surface area contributed by atoms with E-state index in [0.29, 0.717) is 47.1 Å². The van der Waals surface area contributed by atoms with Crippen LogP contribution in [0.2, 0.25) is 0 Å². The van der Waals surface area contributed by atoms with E-state index in [9.17, 15) is 178 Å². The SMILES string of the molecule is C=C(C)C(=O)OC(C)CC(C)(O)C(F)(F)F.C=C(C)C(=O)OC(CC(C)C)CC(C)(O)C(F)(F)F.C=C(C)C(=O)OC1CC(C(C)(O)C(F)(F)F)C(O)C(C(C)(O)C(F)(F)F)C1.C=C(C)C(=O)OC1CC(C(C)(O)C(F)(F)F)CC(C(C)(O)C(F)(F)F)C1.C=C(C)C(=O)OC1CCC(O)C(C(C)(C(F)(F)F)C(F)(F)F)C1.C=C(C)C(=O)OCCNS(C)(=O)=O. The summed E-state index contributed by atoms with van der Waals surface area (Å²) in [6.45, 7) is 35.9.